The summed E-state index contributed by atoms with van der Waals surface area (Å²) in [6, 6.07) is 3.11. The lowest BCUT2D eigenvalue weighted by molar-refractivity contribution is -0.143. The van der Waals surface area contributed by atoms with Gasteiger partial charge in [-0.1, -0.05) is 40.2 Å². The summed E-state index contributed by atoms with van der Waals surface area (Å²) in [4.78, 5) is 74.0. The highest BCUT2D eigenvalue weighted by atomic mass is 32.2. The summed E-state index contributed by atoms with van der Waals surface area (Å²) in [6.07, 6.45) is 0.526. The Hall–Kier alpha value is -4.25. The van der Waals surface area contributed by atoms with Crippen molar-refractivity contribution in [3.63, 3.8) is 0 Å². The van der Waals surface area contributed by atoms with Gasteiger partial charge in [0, 0.05) is 23.6 Å². The second-order valence-corrected chi connectivity index (χ2v) is 19.0. The Morgan fingerprint density at radius 1 is 1.08 bits per heavy atom. The smallest absolute Gasteiger partial charge is 0.411 e. The number of ether oxygens (including phenoxy) is 2. The van der Waals surface area contributed by atoms with Gasteiger partial charge >= 0.3 is 12.2 Å². The van der Waals surface area contributed by atoms with E-state index in [9.17, 15) is 32.4 Å². The zero-order chi connectivity index (χ0) is 39.1. The number of sulfonamides is 1. The van der Waals surface area contributed by atoms with Crippen molar-refractivity contribution in [2.24, 2.45) is 11.3 Å². The Balaban J connectivity index is 1.40. The molecule has 1 unspecified atom stereocenters. The lowest BCUT2D eigenvalue weighted by Gasteiger charge is -2.36. The van der Waals surface area contributed by atoms with E-state index in [2.05, 4.69) is 25.7 Å². The molecular formula is C36H50N6O9S2. The van der Waals surface area contributed by atoms with E-state index in [0.29, 0.717) is 35.5 Å². The predicted molar refractivity (Wildman–Crippen MR) is 198 cm³/mol. The lowest BCUT2D eigenvalue weighted by Crippen LogP contribution is -2.60. The third-order valence-corrected chi connectivity index (χ3v) is 12.1. The number of aromatic nitrogens is 1. The molecule has 17 heteroatoms. The van der Waals surface area contributed by atoms with Crippen LogP contribution in [0, 0.1) is 18.3 Å². The van der Waals surface area contributed by atoms with Gasteiger partial charge in [0.25, 0.3) is 5.91 Å². The molecule has 4 N–H and O–H groups in total. The van der Waals surface area contributed by atoms with Gasteiger partial charge in [-0.15, -0.1) is 11.3 Å². The first kappa shape index (κ1) is 39.9. The third-order valence-electron chi connectivity index (χ3n) is 9.52. The topological polar surface area (TPSA) is 202 Å². The van der Waals surface area contributed by atoms with Crippen LogP contribution in [0.15, 0.2) is 29.8 Å². The van der Waals surface area contributed by atoms with Crippen LogP contribution in [0.4, 0.5) is 15.3 Å². The van der Waals surface area contributed by atoms with Crippen molar-refractivity contribution in [2.45, 2.75) is 122 Å². The minimum atomic E-state index is -3.90. The highest BCUT2D eigenvalue weighted by molar-refractivity contribution is 7.91. The van der Waals surface area contributed by atoms with Gasteiger partial charge in [0.05, 0.1) is 17.5 Å². The Labute approximate surface area is 314 Å². The van der Waals surface area contributed by atoms with Gasteiger partial charge in [-0.3, -0.25) is 24.4 Å². The minimum absolute atomic E-state index is 0.129. The van der Waals surface area contributed by atoms with Crippen LogP contribution in [0.5, 0.6) is 0 Å². The maximum Gasteiger partial charge on any atom is 0.411 e. The van der Waals surface area contributed by atoms with E-state index in [4.69, 9.17) is 9.47 Å². The van der Waals surface area contributed by atoms with E-state index in [1.165, 1.54) is 16.2 Å². The monoisotopic (exact) mass is 774 g/mol. The molecule has 290 valence electrons. The molecule has 2 heterocycles. The van der Waals surface area contributed by atoms with Gasteiger partial charge in [0.1, 0.15) is 34.3 Å². The second-order valence-electron chi connectivity index (χ2n) is 16.2. The Bertz CT molecular complexity index is 1850. The number of carbonyl (C=O) groups excluding carboxylic acids is 5. The minimum Gasteiger partial charge on any atom is -0.444 e. The van der Waals surface area contributed by atoms with E-state index in [1.54, 1.807) is 53.8 Å². The first-order valence-electron chi connectivity index (χ1n) is 17.8. The largest absolute Gasteiger partial charge is 0.444 e. The highest BCUT2D eigenvalue weighted by Crippen LogP contribution is 2.47. The van der Waals surface area contributed by atoms with Crippen LogP contribution in [0.1, 0.15) is 86.1 Å². The number of hydrogen-bond acceptors (Lipinski definition) is 11. The maximum absolute atomic E-state index is 14.4. The first-order chi connectivity index (χ1) is 24.6. The molecule has 5 rings (SSSR count). The van der Waals surface area contributed by atoms with Crippen molar-refractivity contribution >= 4 is 57.0 Å². The Morgan fingerprint density at radius 3 is 2.34 bits per heavy atom. The summed E-state index contributed by atoms with van der Waals surface area (Å²) < 4.78 is 38.8. The van der Waals surface area contributed by atoms with Crippen LogP contribution in [0.2, 0.25) is 0 Å². The summed E-state index contributed by atoms with van der Waals surface area (Å²) in [5, 5.41) is 10.1. The average Bonchev–Trinajstić information content (AvgIpc) is 3.91. The fourth-order valence-electron chi connectivity index (χ4n) is 6.51. The molecule has 1 aromatic carbocycles. The molecule has 1 saturated heterocycles. The SMILES string of the molecule is CCC1C[C@]1(NC(=O)[C@@H]1C[C@@H](OC(=O)Nc2cc(C)ccc2-c2nccs2)CN1C(=O)[C@@H](NC(=O)OC(C)(C)C)C(C)(C)C)C(=O)NS(=O)(=O)C1CC1. The molecule has 15 nitrogen and oxygen atoms in total. The molecule has 2 aromatic rings. The molecule has 0 radical (unpaired) electrons. The van der Waals surface area contributed by atoms with E-state index in [1.807, 2.05) is 31.4 Å². The summed E-state index contributed by atoms with van der Waals surface area (Å²) >= 11 is 1.40. The van der Waals surface area contributed by atoms with Crippen molar-refractivity contribution in [3.05, 3.63) is 35.3 Å². The predicted octanol–water partition coefficient (Wildman–Crippen LogP) is 4.47. The number of amides is 5. The van der Waals surface area contributed by atoms with Crippen molar-refractivity contribution in [1.29, 1.82) is 0 Å². The van der Waals surface area contributed by atoms with Crippen LogP contribution in [0.25, 0.3) is 10.6 Å². The van der Waals surface area contributed by atoms with E-state index in [-0.39, 0.29) is 25.3 Å². The molecule has 1 aromatic heterocycles. The fraction of sp³-hybridized carbons (Fsp3) is 0.611. The average molecular weight is 775 g/mol. The molecule has 0 spiro atoms. The number of carbonyl (C=O) groups is 5. The van der Waals surface area contributed by atoms with Gasteiger partial charge in [-0.05, 0) is 76.0 Å². The number of nitrogens with one attached hydrogen (secondary N) is 4. The number of thiazole rings is 1. The molecule has 2 aliphatic carbocycles. The van der Waals surface area contributed by atoms with Crippen LogP contribution >= 0.6 is 11.3 Å². The number of alkyl carbamates (subject to hydrolysis) is 1. The summed E-state index contributed by atoms with van der Waals surface area (Å²) in [5.41, 5.74) is -1.16. The van der Waals surface area contributed by atoms with Crippen LogP contribution in [0.3, 0.4) is 0 Å². The lowest BCUT2D eigenvalue weighted by atomic mass is 9.85. The molecular weight excluding hydrogens is 725 g/mol. The molecule has 2 saturated carbocycles. The molecule has 1 aliphatic heterocycles. The van der Waals surface area contributed by atoms with Crippen LogP contribution < -0.4 is 20.7 Å². The number of rotatable bonds is 11. The number of aryl methyl sites for hydroxylation is 1. The third kappa shape index (κ3) is 9.47. The van der Waals surface area contributed by atoms with Gasteiger partial charge in [0.2, 0.25) is 21.8 Å². The Morgan fingerprint density at radius 2 is 1.77 bits per heavy atom. The van der Waals surface area contributed by atoms with Gasteiger partial charge in [0.15, 0.2) is 0 Å². The summed E-state index contributed by atoms with van der Waals surface area (Å²) in [6.45, 7) is 13.8. The zero-order valence-electron chi connectivity index (χ0n) is 31.4. The van der Waals surface area contributed by atoms with Gasteiger partial charge in [-0.25, -0.2) is 23.0 Å². The van der Waals surface area contributed by atoms with Crippen molar-refractivity contribution in [1.82, 2.24) is 25.2 Å². The molecule has 5 amide bonds. The molecule has 53 heavy (non-hydrogen) atoms. The van der Waals surface area contributed by atoms with Crippen LogP contribution in [-0.4, -0.2) is 89.3 Å². The molecule has 3 fully saturated rings. The second kappa shape index (κ2) is 14.9. The summed E-state index contributed by atoms with van der Waals surface area (Å²) in [5.74, 6) is -2.49. The molecule has 0 bridgehead atoms. The quantitative estimate of drug-likeness (QED) is 0.252. The normalized spacial score (nSPS) is 23.4. The van der Waals surface area contributed by atoms with Gasteiger partial charge < -0.3 is 25.0 Å². The van der Waals surface area contributed by atoms with E-state index >= 15 is 0 Å². The van der Waals surface area contributed by atoms with Gasteiger partial charge in [-0.2, -0.15) is 0 Å². The Kier molecular flexibility index (Phi) is 11.2. The fourth-order valence-corrected chi connectivity index (χ4v) is 8.55. The number of likely N-dealkylation sites (tertiary alicyclic amines) is 1. The van der Waals surface area contributed by atoms with E-state index in [0.717, 1.165) is 5.56 Å². The zero-order valence-corrected chi connectivity index (χ0v) is 33.0. The number of benzene rings is 1. The first-order valence-corrected chi connectivity index (χ1v) is 20.2. The number of anilines is 1. The van der Waals surface area contributed by atoms with Crippen molar-refractivity contribution in [3.8, 4) is 10.6 Å². The molecule has 3 aliphatic rings. The number of nitrogens with zero attached hydrogens (tertiary/aromatic N) is 2. The van der Waals surface area contributed by atoms with Crippen molar-refractivity contribution in [2.75, 3.05) is 11.9 Å². The highest BCUT2D eigenvalue weighted by Gasteiger charge is 2.62. The summed E-state index contributed by atoms with van der Waals surface area (Å²) in [7, 11) is -3.90. The maximum atomic E-state index is 14.4. The molecule has 5 atom stereocenters. The number of hydrogen-bond donors (Lipinski definition) is 4. The van der Waals surface area contributed by atoms with Crippen LogP contribution in [-0.2, 0) is 33.9 Å². The standard InChI is InChI=1S/C36H50N6O9S2/c1-9-21-18-36(21,31(45)41-53(48,49)23-11-12-23)40-28(43)26-17-22(19-42(26)30(44)27(34(3,4)5)39-33(47)51-35(6,7)8)50-32(46)38-25-16-20(2)10-13-24(25)29-37-14-15-52-29/h10,13-16,21-23,26-27H,9,11-12,17-19H2,1-8H3,(H,38,46)(H,39,47)(H,40,43)(H,41,45)/t21?,22-,26+,27-,36-/m1/s1. The van der Waals surface area contributed by atoms with E-state index < -0.39 is 79.9 Å². The van der Waals surface area contributed by atoms with Crippen molar-refractivity contribution < 1.29 is 41.9 Å².